The predicted octanol–water partition coefficient (Wildman–Crippen LogP) is 23.9. The van der Waals surface area contributed by atoms with Crippen LogP contribution < -0.4 is 4.90 Å². The quantitative estimate of drug-likeness (QED) is 0.118. The molecule has 0 aromatic heterocycles. The maximum Gasteiger partial charge on any atom is 0.0462 e. The van der Waals surface area contributed by atoms with Gasteiger partial charge in [0, 0.05) is 17.1 Å². The average molecular weight is 1100 g/mol. The molecule has 1 nitrogen and oxygen atoms in total. The maximum atomic E-state index is 2.41. The second-order valence-corrected chi connectivity index (χ2v) is 24.6. The molecule has 0 saturated heterocycles. The van der Waals surface area contributed by atoms with E-state index in [4.69, 9.17) is 0 Å². The van der Waals surface area contributed by atoms with Gasteiger partial charge >= 0.3 is 0 Å². The molecule has 0 spiro atoms. The monoisotopic (exact) mass is 1100 g/mol. The Morgan fingerprint density at radius 3 is 0.388 bits per heavy atom. The Balaban J connectivity index is 0.980. The average Bonchev–Trinajstić information content (AvgIpc) is 2.94. The topological polar surface area (TPSA) is 3.24 Å². The SMILES string of the molecule is Cc1cc(C)cc(-c2cc(-c3ccc(N(c4ccc(-c5cc(-c6cc(C)cc(C)c6)cc(-c6cc(C)cc(C)c6)c5)cc4)c4ccc(-c5cc(-c6cc(C)cc(C)c6)cc(-c6cc(C)cc(C)c6)c5)cc4)cc3)cc(-c3cc(C)cc(C)c3)c2)c1. The molecule has 0 saturated carbocycles. The molecule has 0 radical (unpaired) electrons. The highest BCUT2D eigenvalue weighted by atomic mass is 15.1. The summed E-state index contributed by atoms with van der Waals surface area (Å²) < 4.78 is 0. The van der Waals surface area contributed by atoms with E-state index in [0.29, 0.717) is 0 Å². The predicted molar refractivity (Wildman–Crippen MR) is 367 cm³/mol. The summed E-state index contributed by atoms with van der Waals surface area (Å²) in [4.78, 5) is 2.41. The number of rotatable bonds is 12. The van der Waals surface area contributed by atoms with Crippen molar-refractivity contribution in [3.05, 3.63) is 303 Å². The lowest BCUT2D eigenvalue weighted by molar-refractivity contribution is 1.28. The van der Waals surface area contributed by atoms with E-state index in [2.05, 4.69) is 325 Å². The minimum Gasteiger partial charge on any atom is -0.311 e. The van der Waals surface area contributed by atoms with Gasteiger partial charge in [0.1, 0.15) is 0 Å². The van der Waals surface area contributed by atoms with Crippen molar-refractivity contribution in [1.82, 2.24) is 0 Å². The van der Waals surface area contributed by atoms with Crippen LogP contribution in [0.15, 0.2) is 237 Å². The Bertz CT molecular complexity index is 3720. The third kappa shape index (κ3) is 12.5. The zero-order valence-electron chi connectivity index (χ0n) is 51.5. The van der Waals surface area contributed by atoms with Crippen LogP contribution in [0.1, 0.15) is 66.8 Å². The zero-order valence-corrected chi connectivity index (χ0v) is 51.5. The molecule has 0 aliphatic carbocycles. The Hall–Kier alpha value is -9.56. The molecule has 12 aromatic carbocycles. The van der Waals surface area contributed by atoms with E-state index in [0.717, 1.165) is 33.8 Å². The van der Waals surface area contributed by atoms with Gasteiger partial charge in [-0.1, -0.05) is 212 Å². The van der Waals surface area contributed by atoms with Crippen LogP contribution in [-0.2, 0) is 0 Å². The Labute approximate surface area is 505 Å². The van der Waals surface area contributed by atoms with Gasteiger partial charge in [0.05, 0.1) is 0 Å². The fraction of sp³-hybridized carbons (Fsp3) is 0.143. The van der Waals surface area contributed by atoms with Gasteiger partial charge in [0.25, 0.3) is 0 Å². The van der Waals surface area contributed by atoms with Gasteiger partial charge in [-0.15, -0.1) is 0 Å². The van der Waals surface area contributed by atoms with E-state index in [1.54, 1.807) is 0 Å². The number of benzene rings is 12. The van der Waals surface area contributed by atoms with Crippen molar-refractivity contribution in [2.75, 3.05) is 4.90 Å². The summed E-state index contributed by atoms with van der Waals surface area (Å²) in [5.41, 5.74) is 40.1. The molecule has 85 heavy (non-hydrogen) atoms. The largest absolute Gasteiger partial charge is 0.311 e. The Morgan fingerprint density at radius 2 is 0.247 bits per heavy atom. The third-order valence-electron chi connectivity index (χ3n) is 16.5. The second-order valence-electron chi connectivity index (χ2n) is 24.6. The fourth-order valence-corrected chi connectivity index (χ4v) is 13.1. The number of hydrogen-bond acceptors (Lipinski definition) is 1. The first-order valence-electron chi connectivity index (χ1n) is 30.0. The molecule has 0 fully saturated rings. The van der Waals surface area contributed by atoms with Crippen molar-refractivity contribution in [3.63, 3.8) is 0 Å². The Kier molecular flexibility index (Phi) is 15.3. The van der Waals surface area contributed by atoms with E-state index in [9.17, 15) is 0 Å². The normalized spacial score (nSPS) is 11.3. The highest BCUT2D eigenvalue weighted by Gasteiger charge is 2.18. The molecular weight excluding hydrogens is 1020 g/mol. The van der Waals surface area contributed by atoms with E-state index in [1.165, 1.54) is 150 Å². The van der Waals surface area contributed by atoms with Gasteiger partial charge in [-0.25, -0.2) is 0 Å². The molecule has 1 heteroatoms. The van der Waals surface area contributed by atoms with Crippen LogP contribution in [0.25, 0.3) is 100 Å². The molecule has 0 N–H and O–H groups in total. The van der Waals surface area contributed by atoms with Crippen LogP contribution in [0.2, 0.25) is 0 Å². The van der Waals surface area contributed by atoms with E-state index >= 15 is 0 Å². The summed E-state index contributed by atoms with van der Waals surface area (Å²) in [7, 11) is 0. The first-order chi connectivity index (χ1) is 40.9. The molecule has 0 unspecified atom stereocenters. The zero-order chi connectivity index (χ0) is 59.2. The van der Waals surface area contributed by atoms with Gasteiger partial charge in [0.15, 0.2) is 0 Å². The summed E-state index contributed by atoms with van der Waals surface area (Å²) in [5.74, 6) is 0. The van der Waals surface area contributed by atoms with Crippen LogP contribution >= 0.6 is 0 Å². The molecule has 0 aliphatic rings. The highest BCUT2D eigenvalue weighted by Crippen LogP contribution is 2.42. The smallest absolute Gasteiger partial charge is 0.0462 e. The molecule has 0 heterocycles. The van der Waals surface area contributed by atoms with Gasteiger partial charge < -0.3 is 4.90 Å². The molecule has 12 rings (SSSR count). The van der Waals surface area contributed by atoms with Gasteiger partial charge in [-0.3, -0.25) is 0 Å². The standard InChI is InChI=1S/C84H75N/c1-52-25-53(2)32-67(31-52)76-43-73(44-77(49-76)68-33-54(3)26-55(4)34-68)64-13-19-82(20-14-64)85(83-21-15-65(16-22-83)74-45-78(69-35-56(5)27-57(6)36-69)50-79(46-74)70-37-58(7)28-59(8)38-70)84-23-17-66(18-24-84)75-47-80(71-39-60(9)29-61(10)40-71)51-81(48-75)72-41-62(11)30-63(12)42-72/h13-51H,1-12H3. The first kappa shape index (κ1) is 55.9. The lowest BCUT2D eigenvalue weighted by Crippen LogP contribution is -2.09. The summed E-state index contributed by atoms with van der Waals surface area (Å²) in [6, 6.07) is 90.2. The molecule has 0 bridgehead atoms. The fourth-order valence-electron chi connectivity index (χ4n) is 13.1. The summed E-state index contributed by atoms with van der Waals surface area (Å²) in [6.07, 6.45) is 0. The lowest BCUT2D eigenvalue weighted by atomic mass is 9.91. The summed E-state index contributed by atoms with van der Waals surface area (Å²) >= 11 is 0. The second kappa shape index (κ2) is 23.2. The van der Waals surface area contributed by atoms with Crippen LogP contribution in [0, 0.1) is 83.1 Å². The van der Waals surface area contributed by atoms with Gasteiger partial charge in [-0.05, 0) is 274 Å². The molecule has 12 aromatic rings. The van der Waals surface area contributed by atoms with Gasteiger partial charge in [-0.2, -0.15) is 0 Å². The molecule has 0 atom stereocenters. The van der Waals surface area contributed by atoms with E-state index < -0.39 is 0 Å². The number of anilines is 3. The minimum atomic E-state index is 1.08. The highest BCUT2D eigenvalue weighted by molar-refractivity contribution is 5.88. The number of nitrogens with zero attached hydrogens (tertiary/aromatic N) is 1. The molecular formula is C84H75N. The molecule has 0 aliphatic heterocycles. The van der Waals surface area contributed by atoms with Crippen molar-refractivity contribution in [2.45, 2.75) is 83.1 Å². The lowest BCUT2D eigenvalue weighted by Gasteiger charge is -2.26. The maximum absolute atomic E-state index is 2.41. The van der Waals surface area contributed by atoms with Gasteiger partial charge in [0.2, 0.25) is 0 Å². The van der Waals surface area contributed by atoms with Crippen LogP contribution in [-0.4, -0.2) is 0 Å². The van der Waals surface area contributed by atoms with Crippen LogP contribution in [0.5, 0.6) is 0 Å². The van der Waals surface area contributed by atoms with Crippen molar-refractivity contribution >= 4 is 17.1 Å². The first-order valence-corrected chi connectivity index (χ1v) is 30.0. The van der Waals surface area contributed by atoms with E-state index in [-0.39, 0.29) is 0 Å². The van der Waals surface area contributed by atoms with E-state index in [1.807, 2.05) is 0 Å². The van der Waals surface area contributed by atoms with Crippen molar-refractivity contribution < 1.29 is 0 Å². The minimum absolute atomic E-state index is 1.08. The van der Waals surface area contributed by atoms with Crippen LogP contribution in [0.3, 0.4) is 0 Å². The summed E-state index contributed by atoms with van der Waals surface area (Å²) in [6.45, 7) is 26.3. The Morgan fingerprint density at radius 1 is 0.129 bits per heavy atom. The van der Waals surface area contributed by atoms with Crippen molar-refractivity contribution in [1.29, 1.82) is 0 Å². The third-order valence-corrected chi connectivity index (χ3v) is 16.5. The number of hydrogen-bond donors (Lipinski definition) is 0. The molecule has 416 valence electrons. The van der Waals surface area contributed by atoms with Crippen LogP contribution in [0.4, 0.5) is 17.1 Å². The number of aryl methyl sites for hydroxylation is 12. The van der Waals surface area contributed by atoms with Crippen molar-refractivity contribution in [3.8, 4) is 100 Å². The summed E-state index contributed by atoms with van der Waals surface area (Å²) in [5, 5.41) is 0. The molecule has 0 amide bonds. The van der Waals surface area contributed by atoms with Crippen molar-refractivity contribution in [2.24, 2.45) is 0 Å².